The van der Waals surface area contributed by atoms with Gasteiger partial charge in [0.2, 0.25) is 0 Å². The van der Waals surface area contributed by atoms with E-state index in [9.17, 15) is 0 Å². The predicted octanol–water partition coefficient (Wildman–Crippen LogP) is 3.20. The van der Waals surface area contributed by atoms with Crippen LogP contribution >= 0.6 is 11.3 Å². The lowest BCUT2D eigenvalue weighted by molar-refractivity contribution is 0.474. The van der Waals surface area contributed by atoms with Gasteiger partial charge in [0.25, 0.3) is 0 Å². The number of hydrogen-bond acceptors (Lipinski definition) is 2. The highest BCUT2D eigenvalue weighted by Gasteiger charge is 2.39. The Bertz CT molecular complexity index is 302. The first-order valence-electron chi connectivity index (χ1n) is 5.64. The number of rotatable bonds is 4. The lowest BCUT2D eigenvalue weighted by Crippen LogP contribution is -2.25. The summed E-state index contributed by atoms with van der Waals surface area (Å²) in [6, 6.07) is 5.94. The molecule has 1 aromatic rings. The summed E-state index contributed by atoms with van der Waals surface area (Å²) in [6.45, 7) is 2.34. The fraction of sp³-hybridized carbons (Fsp3) is 0.667. The SMILES string of the molecule is CC1CC1NC(c1cccs1)C1CC1. The van der Waals surface area contributed by atoms with Crippen LogP contribution in [0.25, 0.3) is 0 Å². The summed E-state index contributed by atoms with van der Waals surface area (Å²) in [5, 5.41) is 6.01. The molecule has 1 heterocycles. The summed E-state index contributed by atoms with van der Waals surface area (Å²) in [7, 11) is 0. The molecular formula is C12H17NS. The van der Waals surface area contributed by atoms with Gasteiger partial charge in [-0.15, -0.1) is 11.3 Å². The fourth-order valence-corrected chi connectivity index (χ4v) is 3.01. The van der Waals surface area contributed by atoms with Gasteiger partial charge in [-0.25, -0.2) is 0 Å². The summed E-state index contributed by atoms with van der Waals surface area (Å²) in [5.74, 6) is 1.85. The van der Waals surface area contributed by atoms with Crippen molar-refractivity contribution in [1.82, 2.24) is 5.32 Å². The van der Waals surface area contributed by atoms with Crippen LogP contribution in [0.2, 0.25) is 0 Å². The van der Waals surface area contributed by atoms with E-state index in [1.807, 2.05) is 11.3 Å². The van der Waals surface area contributed by atoms with Gasteiger partial charge in [0, 0.05) is 17.0 Å². The van der Waals surface area contributed by atoms with E-state index in [1.54, 1.807) is 4.88 Å². The maximum Gasteiger partial charge on any atom is 0.0445 e. The molecule has 0 saturated heterocycles. The van der Waals surface area contributed by atoms with Gasteiger partial charge < -0.3 is 5.32 Å². The average molecular weight is 207 g/mol. The molecule has 2 aliphatic rings. The third kappa shape index (κ3) is 1.73. The summed E-state index contributed by atoms with van der Waals surface area (Å²) in [6.07, 6.45) is 4.24. The molecule has 0 radical (unpaired) electrons. The van der Waals surface area contributed by atoms with Crippen molar-refractivity contribution in [3.63, 3.8) is 0 Å². The fourth-order valence-electron chi connectivity index (χ4n) is 2.13. The van der Waals surface area contributed by atoms with Crippen LogP contribution in [-0.4, -0.2) is 6.04 Å². The maximum atomic E-state index is 3.82. The lowest BCUT2D eigenvalue weighted by Gasteiger charge is -2.16. The third-order valence-corrected chi connectivity index (χ3v) is 4.40. The Morgan fingerprint density at radius 1 is 1.50 bits per heavy atom. The van der Waals surface area contributed by atoms with Crippen LogP contribution in [0.15, 0.2) is 17.5 Å². The second kappa shape index (κ2) is 3.35. The maximum absolute atomic E-state index is 3.82. The van der Waals surface area contributed by atoms with Gasteiger partial charge in [-0.3, -0.25) is 0 Å². The van der Waals surface area contributed by atoms with Crippen LogP contribution in [0.1, 0.15) is 37.1 Å². The molecule has 2 saturated carbocycles. The molecule has 2 fully saturated rings. The molecule has 0 spiro atoms. The van der Waals surface area contributed by atoms with Crippen molar-refractivity contribution in [3.8, 4) is 0 Å². The van der Waals surface area contributed by atoms with Gasteiger partial charge in [-0.1, -0.05) is 13.0 Å². The van der Waals surface area contributed by atoms with E-state index in [0.29, 0.717) is 6.04 Å². The second-order valence-electron chi connectivity index (χ2n) is 4.82. The van der Waals surface area contributed by atoms with E-state index < -0.39 is 0 Å². The molecular weight excluding hydrogens is 190 g/mol. The molecule has 3 atom stereocenters. The monoisotopic (exact) mass is 207 g/mol. The molecule has 2 aliphatic carbocycles. The molecule has 0 amide bonds. The van der Waals surface area contributed by atoms with Crippen LogP contribution in [0.5, 0.6) is 0 Å². The first kappa shape index (κ1) is 8.93. The van der Waals surface area contributed by atoms with Crippen LogP contribution in [0, 0.1) is 11.8 Å². The third-order valence-electron chi connectivity index (χ3n) is 3.45. The molecule has 14 heavy (non-hydrogen) atoms. The minimum Gasteiger partial charge on any atom is -0.306 e. The normalized spacial score (nSPS) is 32.9. The zero-order valence-electron chi connectivity index (χ0n) is 8.57. The predicted molar refractivity (Wildman–Crippen MR) is 60.5 cm³/mol. The Morgan fingerprint density at radius 3 is 2.79 bits per heavy atom. The molecule has 1 aromatic heterocycles. The van der Waals surface area contributed by atoms with Gasteiger partial charge in [-0.05, 0) is 42.5 Å². The van der Waals surface area contributed by atoms with Crippen molar-refractivity contribution in [1.29, 1.82) is 0 Å². The van der Waals surface area contributed by atoms with Crippen molar-refractivity contribution in [2.45, 2.75) is 38.3 Å². The van der Waals surface area contributed by atoms with E-state index in [0.717, 1.165) is 17.9 Å². The topological polar surface area (TPSA) is 12.0 Å². The molecule has 0 aliphatic heterocycles. The Morgan fingerprint density at radius 2 is 2.29 bits per heavy atom. The molecule has 76 valence electrons. The molecule has 1 N–H and O–H groups in total. The molecule has 2 heteroatoms. The van der Waals surface area contributed by atoms with Crippen molar-refractivity contribution in [2.24, 2.45) is 11.8 Å². The molecule has 3 unspecified atom stereocenters. The van der Waals surface area contributed by atoms with Gasteiger partial charge in [0.15, 0.2) is 0 Å². The molecule has 1 nitrogen and oxygen atoms in total. The highest BCUT2D eigenvalue weighted by molar-refractivity contribution is 7.10. The minimum absolute atomic E-state index is 0.671. The zero-order valence-corrected chi connectivity index (χ0v) is 9.39. The summed E-state index contributed by atoms with van der Waals surface area (Å²) < 4.78 is 0. The standard InChI is InChI=1S/C12H17NS/c1-8-7-10(8)13-12(9-4-5-9)11-3-2-6-14-11/h2-3,6,8-10,12-13H,4-5,7H2,1H3. The van der Waals surface area contributed by atoms with Crippen molar-refractivity contribution in [2.75, 3.05) is 0 Å². The quantitative estimate of drug-likeness (QED) is 0.799. The Labute approximate surface area is 89.5 Å². The van der Waals surface area contributed by atoms with E-state index in [2.05, 4.69) is 29.8 Å². The molecule has 0 aromatic carbocycles. The lowest BCUT2D eigenvalue weighted by atomic mass is 10.1. The Balaban J connectivity index is 1.70. The van der Waals surface area contributed by atoms with Gasteiger partial charge >= 0.3 is 0 Å². The Hall–Kier alpha value is -0.340. The van der Waals surface area contributed by atoms with Crippen LogP contribution in [0.3, 0.4) is 0 Å². The largest absolute Gasteiger partial charge is 0.306 e. The minimum atomic E-state index is 0.671. The molecule has 3 rings (SSSR count). The number of nitrogens with one attached hydrogen (secondary N) is 1. The zero-order chi connectivity index (χ0) is 9.54. The van der Waals surface area contributed by atoms with E-state index in [-0.39, 0.29) is 0 Å². The van der Waals surface area contributed by atoms with Crippen molar-refractivity contribution in [3.05, 3.63) is 22.4 Å². The summed E-state index contributed by atoms with van der Waals surface area (Å²) in [5.41, 5.74) is 0. The van der Waals surface area contributed by atoms with E-state index in [4.69, 9.17) is 0 Å². The smallest absolute Gasteiger partial charge is 0.0445 e. The Kier molecular flexibility index (Phi) is 2.14. The van der Waals surface area contributed by atoms with E-state index >= 15 is 0 Å². The first-order valence-corrected chi connectivity index (χ1v) is 6.52. The van der Waals surface area contributed by atoms with Gasteiger partial charge in [0.1, 0.15) is 0 Å². The second-order valence-corrected chi connectivity index (χ2v) is 5.80. The average Bonchev–Trinajstić information content (AvgIpc) is 3.05. The van der Waals surface area contributed by atoms with Gasteiger partial charge in [-0.2, -0.15) is 0 Å². The highest BCUT2D eigenvalue weighted by atomic mass is 32.1. The highest BCUT2D eigenvalue weighted by Crippen LogP contribution is 2.44. The van der Waals surface area contributed by atoms with Crippen LogP contribution < -0.4 is 5.32 Å². The summed E-state index contributed by atoms with van der Waals surface area (Å²) in [4.78, 5) is 1.55. The number of thiophene rings is 1. The summed E-state index contributed by atoms with van der Waals surface area (Å²) >= 11 is 1.91. The van der Waals surface area contributed by atoms with Crippen molar-refractivity contribution >= 4 is 11.3 Å². The molecule has 0 bridgehead atoms. The van der Waals surface area contributed by atoms with Crippen molar-refractivity contribution < 1.29 is 0 Å². The van der Waals surface area contributed by atoms with E-state index in [1.165, 1.54) is 19.3 Å². The van der Waals surface area contributed by atoms with Gasteiger partial charge in [0.05, 0.1) is 0 Å². The van der Waals surface area contributed by atoms with Crippen LogP contribution in [-0.2, 0) is 0 Å². The van der Waals surface area contributed by atoms with Crippen LogP contribution in [0.4, 0.5) is 0 Å². The first-order chi connectivity index (χ1) is 6.84. The number of hydrogen-bond donors (Lipinski definition) is 1.